The first-order valence-corrected chi connectivity index (χ1v) is 9.31. The lowest BCUT2D eigenvalue weighted by Crippen LogP contribution is -2.21. The standard InChI is InChI=1S/C23H23FN2O4/c1-28-18-10-8-17(9-11-18)25-14-16-7-12-21(22(13-16)29-2)30-15-23(27)26-20-6-4-3-5-19(20)24/h3-13,25H,14-15H2,1-2H3,(H,26,27). The van der Waals surface area contributed by atoms with Crippen LogP contribution < -0.4 is 24.8 Å². The van der Waals surface area contributed by atoms with Gasteiger partial charge in [-0.2, -0.15) is 0 Å². The molecule has 2 N–H and O–H groups in total. The molecule has 0 saturated heterocycles. The predicted octanol–water partition coefficient (Wildman–Crippen LogP) is 4.47. The molecule has 0 fully saturated rings. The SMILES string of the molecule is COc1ccc(NCc2ccc(OCC(=O)Nc3ccccc3F)c(OC)c2)cc1. The molecule has 0 spiro atoms. The zero-order valence-corrected chi connectivity index (χ0v) is 16.8. The molecule has 0 aliphatic carbocycles. The van der Waals surface area contributed by atoms with Crippen LogP contribution in [-0.4, -0.2) is 26.7 Å². The first-order chi connectivity index (χ1) is 14.6. The molecule has 0 aromatic heterocycles. The molecule has 0 saturated carbocycles. The van der Waals surface area contributed by atoms with Gasteiger partial charge >= 0.3 is 0 Å². The van der Waals surface area contributed by atoms with Crippen LogP contribution in [0.1, 0.15) is 5.56 Å². The van der Waals surface area contributed by atoms with Crippen molar-refractivity contribution in [2.24, 2.45) is 0 Å². The lowest BCUT2D eigenvalue weighted by molar-refractivity contribution is -0.118. The van der Waals surface area contributed by atoms with E-state index in [2.05, 4.69) is 10.6 Å². The normalized spacial score (nSPS) is 10.2. The van der Waals surface area contributed by atoms with Crippen LogP contribution >= 0.6 is 0 Å². The van der Waals surface area contributed by atoms with Crippen molar-refractivity contribution in [1.82, 2.24) is 0 Å². The minimum absolute atomic E-state index is 0.109. The molecule has 0 atom stereocenters. The van der Waals surface area contributed by atoms with E-state index in [1.165, 1.54) is 19.2 Å². The van der Waals surface area contributed by atoms with Gasteiger partial charge in [-0.25, -0.2) is 4.39 Å². The fourth-order valence-electron chi connectivity index (χ4n) is 2.75. The predicted molar refractivity (Wildman–Crippen MR) is 114 cm³/mol. The van der Waals surface area contributed by atoms with Crippen molar-refractivity contribution in [2.75, 3.05) is 31.5 Å². The van der Waals surface area contributed by atoms with E-state index < -0.39 is 11.7 Å². The maximum Gasteiger partial charge on any atom is 0.262 e. The third-order valence-corrected chi connectivity index (χ3v) is 4.32. The first-order valence-electron chi connectivity index (χ1n) is 9.31. The third-order valence-electron chi connectivity index (χ3n) is 4.32. The number of methoxy groups -OCH3 is 2. The quantitative estimate of drug-likeness (QED) is 0.545. The summed E-state index contributed by atoms with van der Waals surface area (Å²) in [6.07, 6.45) is 0. The fourth-order valence-corrected chi connectivity index (χ4v) is 2.75. The number of para-hydroxylation sites is 1. The van der Waals surface area contributed by atoms with Gasteiger partial charge in [0.1, 0.15) is 11.6 Å². The highest BCUT2D eigenvalue weighted by atomic mass is 19.1. The molecule has 0 radical (unpaired) electrons. The van der Waals surface area contributed by atoms with Crippen LogP contribution in [0.2, 0.25) is 0 Å². The minimum Gasteiger partial charge on any atom is -0.497 e. The largest absolute Gasteiger partial charge is 0.497 e. The van der Waals surface area contributed by atoms with E-state index in [9.17, 15) is 9.18 Å². The van der Waals surface area contributed by atoms with Crippen molar-refractivity contribution >= 4 is 17.3 Å². The second kappa shape index (κ2) is 10.2. The molecule has 0 heterocycles. The molecular weight excluding hydrogens is 387 g/mol. The molecule has 0 aliphatic heterocycles. The Morgan fingerprint density at radius 3 is 2.40 bits per heavy atom. The van der Waals surface area contributed by atoms with E-state index in [1.807, 2.05) is 36.4 Å². The van der Waals surface area contributed by atoms with Gasteiger partial charge in [-0.1, -0.05) is 18.2 Å². The maximum absolute atomic E-state index is 13.6. The van der Waals surface area contributed by atoms with Gasteiger partial charge in [-0.15, -0.1) is 0 Å². The number of carbonyl (C=O) groups excluding carboxylic acids is 1. The Morgan fingerprint density at radius 2 is 1.70 bits per heavy atom. The number of hydrogen-bond acceptors (Lipinski definition) is 5. The van der Waals surface area contributed by atoms with Crippen LogP contribution in [0.3, 0.4) is 0 Å². The number of benzene rings is 3. The molecule has 1 amide bonds. The molecule has 3 aromatic carbocycles. The van der Waals surface area contributed by atoms with Crippen LogP contribution in [-0.2, 0) is 11.3 Å². The summed E-state index contributed by atoms with van der Waals surface area (Å²) in [5, 5.41) is 5.79. The van der Waals surface area contributed by atoms with E-state index >= 15 is 0 Å². The van der Waals surface area contributed by atoms with Gasteiger partial charge in [0.2, 0.25) is 0 Å². The highest BCUT2D eigenvalue weighted by Gasteiger charge is 2.10. The Labute approximate surface area is 174 Å². The third kappa shape index (κ3) is 5.64. The summed E-state index contributed by atoms with van der Waals surface area (Å²) < 4.78 is 29.7. The zero-order valence-electron chi connectivity index (χ0n) is 16.8. The van der Waals surface area contributed by atoms with Crippen LogP contribution in [0, 0.1) is 5.82 Å². The molecule has 156 valence electrons. The number of amides is 1. The number of anilines is 2. The number of halogens is 1. The van der Waals surface area contributed by atoms with Crippen LogP contribution in [0.25, 0.3) is 0 Å². The molecule has 6 nitrogen and oxygen atoms in total. The van der Waals surface area contributed by atoms with Crippen molar-refractivity contribution < 1.29 is 23.4 Å². The van der Waals surface area contributed by atoms with Crippen LogP contribution in [0.15, 0.2) is 66.7 Å². The molecular formula is C23H23FN2O4. The van der Waals surface area contributed by atoms with Crippen molar-refractivity contribution in [3.8, 4) is 17.2 Å². The van der Waals surface area contributed by atoms with E-state index in [4.69, 9.17) is 14.2 Å². The van der Waals surface area contributed by atoms with Gasteiger partial charge in [0.15, 0.2) is 18.1 Å². The molecule has 0 unspecified atom stereocenters. The van der Waals surface area contributed by atoms with Gasteiger partial charge < -0.3 is 24.8 Å². The zero-order chi connectivity index (χ0) is 21.3. The minimum atomic E-state index is -0.503. The molecule has 30 heavy (non-hydrogen) atoms. The Morgan fingerprint density at radius 1 is 0.933 bits per heavy atom. The maximum atomic E-state index is 13.6. The first kappa shape index (κ1) is 21.0. The topological polar surface area (TPSA) is 68.8 Å². The van der Waals surface area contributed by atoms with Crippen molar-refractivity contribution in [1.29, 1.82) is 0 Å². The van der Waals surface area contributed by atoms with E-state index in [1.54, 1.807) is 25.3 Å². The van der Waals surface area contributed by atoms with Crippen molar-refractivity contribution in [3.63, 3.8) is 0 Å². The number of ether oxygens (including phenoxy) is 3. The lowest BCUT2D eigenvalue weighted by atomic mass is 10.2. The highest BCUT2D eigenvalue weighted by Crippen LogP contribution is 2.28. The molecule has 7 heteroatoms. The van der Waals surface area contributed by atoms with Crippen LogP contribution in [0.4, 0.5) is 15.8 Å². The number of rotatable bonds is 9. The summed E-state index contributed by atoms with van der Waals surface area (Å²) >= 11 is 0. The van der Waals surface area contributed by atoms with Crippen molar-refractivity contribution in [2.45, 2.75) is 6.54 Å². The molecule has 0 bridgehead atoms. The summed E-state index contributed by atoms with van der Waals surface area (Å²) in [7, 11) is 3.16. The summed E-state index contributed by atoms with van der Waals surface area (Å²) in [5.74, 6) is 0.754. The summed E-state index contributed by atoms with van der Waals surface area (Å²) in [5.41, 5.74) is 2.05. The highest BCUT2D eigenvalue weighted by molar-refractivity contribution is 5.92. The smallest absolute Gasteiger partial charge is 0.262 e. The van der Waals surface area contributed by atoms with Gasteiger partial charge in [0, 0.05) is 12.2 Å². The van der Waals surface area contributed by atoms with Gasteiger partial charge in [0.25, 0.3) is 5.91 Å². The Bertz CT molecular complexity index is 993. The van der Waals surface area contributed by atoms with Gasteiger partial charge in [0.05, 0.1) is 19.9 Å². The lowest BCUT2D eigenvalue weighted by Gasteiger charge is -2.13. The molecule has 0 aliphatic rings. The monoisotopic (exact) mass is 410 g/mol. The second-order valence-electron chi connectivity index (χ2n) is 6.38. The molecule has 3 rings (SSSR count). The number of hydrogen-bond donors (Lipinski definition) is 2. The summed E-state index contributed by atoms with van der Waals surface area (Å²) in [6, 6.07) is 19.0. The average Bonchev–Trinajstić information content (AvgIpc) is 2.78. The fraction of sp³-hybridized carbons (Fsp3) is 0.174. The Hall–Kier alpha value is -3.74. The summed E-state index contributed by atoms with van der Waals surface area (Å²) in [4.78, 5) is 12.0. The van der Waals surface area contributed by atoms with Gasteiger partial charge in [-0.05, 0) is 54.1 Å². The second-order valence-corrected chi connectivity index (χ2v) is 6.38. The van der Waals surface area contributed by atoms with E-state index in [-0.39, 0.29) is 12.3 Å². The van der Waals surface area contributed by atoms with E-state index in [0.717, 1.165) is 17.0 Å². The molecule has 3 aromatic rings. The number of carbonyl (C=O) groups is 1. The Balaban J connectivity index is 1.56. The van der Waals surface area contributed by atoms with Gasteiger partial charge in [-0.3, -0.25) is 4.79 Å². The van der Waals surface area contributed by atoms with Crippen molar-refractivity contribution in [3.05, 3.63) is 78.1 Å². The van der Waals surface area contributed by atoms with E-state index in [0.29, 0.717) is 18.0 Å². The Kier molecular flexibility index (Phi) is 7.10. The van der Waals surface area contributed by atoms with Crippen LogP contribution in [0.5, 0.6) is 17.2 Å². The number of nitrogens with one attached hydrogen (secondary N) is 2. The summed E-state index contributed by atoms with van der Waals surface area (Å²) in [6.45, 7) is 0.310. The average molecular weight is 410 g/mol.